The molecule has 9 heteroatoms. The van der Waals surface area contributed by atoms with Gasteiger partial charge in [0.15, 0.2) is 0 Å². The highest BCUT2D eigenvalue weighted by molar-refractivity contribution is 5.94. The Labute approximate surface area is 209 Å². The Morgan fingerprint density at radius 2 is 1.66 bits per heavy atom. The number of carbonyl (C=O) groups is 4. The predicted molar refractivity (Wildman–Crippen MR) is 135 cm³/mol. The molecule has 0 aliphatic carbocycles. The molecule has 0 radical (unpaired) electrons. The molecule has 1 aromatic carbocycles. The smallest absolute Gasteiger partial charge is 0.408 e. The van der Waals surface area contributed by atoms with Crippen molar-refractivity contribution in [1.29, 1.82) is 0 Å². The van der Waals surface area contributed by atoms with Crippen molar-refractivity contribution in [2.75, 3.05) is 6.54 Å². The average Bonchev–Trinajstić information content (AvgIpc) is 2.74. The summed E-state index contributed by atoms with van der Waals surface area (Å²) in [5, 5.41) is 5.49. The Morgan fingerprint density at radius 3 is 2.17 bits per heavy atom. The number of benzene rings is 1. The average molecular weight is 491 g/mol. The van der Waals surface area contributed by atoms with E-state index in [2.05, 4.69) is 10.6 Å². The molecule has 0 bridgehead atoms. The largest absolute Gasteiger partial charge is 0.444 e. The van der Waals surface area contributed by atoms with Crippen molar-refractivity contribution < 1.29 is 23.9 Å². The topological polar surface area (TPSA) is 131 Å². The third-order valence-corrected chi connectivity index (χ3v) is 5.22. The van der Waals surface area contributed by atoms with Crippen LogP contribution in [0.3, 0.4) is 0 Å². The first-order valence-corrected chi connectivity index (χ1v) is 12.3. The van der Waals surface area contributed by atoms with Crippen LogP contribution in [-0.2, 0) is 19.1 Å². The maximum absolute atomic E-state index is 13.8. The predicted octanol–water partition coefficient (Wildman–Crippen LogP) is 3.43. The fourth-order valence-electron chi connectivity index (χ4n) is 3.68. The number of ether oxygens (including phenoxy) is 1. The van der Waals surface area contributed by atoms with Gasteiger partial charge in [0.25, 0.3) is 0 Å². The zero-order chi connectivity index (χ0) is 26.6. The minimum Gasteiger partial charge on any atom is -0.444 e. The van der Waals surface area contributed by atoms with E-state index >= 15 is 0 Å². The highest BCUT2D eigenvalue weighted by Gasteiger charge is 2.36. The molecule has 196 valence electrons. The second-order valence-electron chi connectivity index (χ2n) is 9.77. The van der Waals surface area contributed by atoms with E-state index < -0.39 is 42.0 Å². The summed E-state index contributed by atoms with van der Waals surface area (Å²) in [6, 6.07) is 6.70. The van der Waals surface area contributed by atoms with E-state index in [-0.39, 0.29) is 18.5 Å². The zero-order valence-electron chi connectivity index (χ0n) is 21.9. The van der Waals surface area contributed by atoms with Crippen molar-refractivity contribution in [3.05, 3.63) is 35.9 Å². The summed E-state index contributed by atoms with van der Waals surface area (Å²) in [6.45, 7) is 11.3. The third-order valence-electron chi connectivity index (χ3n) is 5.22. The standard InChI is InChI=1S/C26H42N4O5/c1-7-9-16-30(24(33)20(17-21(27)31)29-25(34)35-26(4,5)6)22(19-14-11-10-12-15-19)23(32)28-18(3)13-8-2/h10-12,14-15,18,20,22H,7-9,13,16-17H2,1-6H3,(H2,27,31)(H,28,32)(H,29,34). The molecule has 4 amide bonds. The van der Waals surface area contributed by atoms with Gasteiger partial charge in [-0.15, -0.1) is 0 Å². The maximum atomic E-state index is 13.8. The molecule has 0 saturated carbocycles. The zero-order valence-corrected chi connectivity index (χ0v) is 21.9. The molecule has 9 nitrogen and oxygen atoms in total. The second-order valence-corrected chi connectivity index (χ2v) is 9.77. The van der Waals surface area contributed by atoms with Gasteiger partial charge in [-0.3, -0.25) is 14.4 Å². The lowest BCUT2D eigenvalue weighted by atomic mass is 10.0. The van der Waals surface area contributed by atoms with Crippen LogP contribution in [0, 0.1) is 0 Å². The Balaban J connectivity index is 3.40. The van der Waals surface area contributed by atoms with E-state index in [0.717, 1.165) is 19.3 Å². The van der Waals surface area contributed by atoms with E-state index in [4.69, 9.17) is 10.5 Å². The number of nitrogens with zero attached hydrogens (tertiary/aromatic N) is 1. The summed E-state index contributed by atoms with van der Waals surface area (Å²) in [4.78, 5) is 52.9. The van der Waals surface area contributed by atoms with Gasteiger partial charge in [0.1, 0.15) is 17.7 Å². The van der Waals surface area contributed by atoms with Crippen molar-refractivity contribution in [3.8, 4) is 0 Å². The molecule has 0 aliphatic heterocycles. The van der Waals surface area contributed by atoms with Crippen molar-refractivity contribution in [2.24, 2.45) is 5.73 Å². The summed E-state index contributed by atoms with van der Waals surface area (Å²) >= 11 is 0. The summed E-state index contributed by atoms with van der Waals surface area (Å²) in [7, 11) is 0. The van der Waals surface area contributed by atoms with Crippen LogP contribution in [-0.4, -0.2) is 52.9 Å². The van der Waals surface area contributed by atoms with Gasteiger partial charge in [-0.05, 0) is 46.1 Å². The number of rotatable bonds is 13. The van der Waals surface area contributed by atoms with E-state index in [1.807, 2.05) is 26.8 Å². The summed E-state index contributed by atoms with van der Waals surface area (Å²) in [5.74, 6) is -1.65. The molecule has 0 heterocycles. The van der Waals surface area contributed by atoms with Crippen molar-refractivity contribution in [2.45, 2.75) is 97.4 Å². The summed E-state index contributed by atoms with van der Waals surface area (Å²) in [6.07, 6.45) is 1.83. The molecule has 4 N–H and O–H groups in total. The third kappa shape index (κ3) is 10.8. The second kappa shape index (κ2) is 14.3. The van der Waals surface area contributed by atoms with Gasteiger partial charge in [0.05, 0.1) is 6.42 Å². The normalized spacial score (nSPS) is 13.8. The van der Waals surface area contributed by atoms with Crippen LogP contribution in [0.25, 0.3) is 0 Å². The van der Waals surface area contributed by atoms with Crippen LogP contribution >= 0.6 is 0 Å². The van der Waals surface area contributed by atoms with E-state index in [1.54, 1.807) is 45.0 Å². The van der Waals surface area contributed by atoms with E-state index in [0.29, 0.717) is 12.0 Å². The van der Waals surface area contributed by atoms with Crippen molar-refractivity contribution in [1.82, 2.24) is 15.5 Å². The van der Waals surface area contributed by atoms with Gasteiger partial charge in [-0.25, -0.2) is 4.79 Å². The number of nitrogens with two attached hydrogens (primary N) is 1. The number of unbranched alkanes of at least 4 members (excludes halogenated alkanes) is 1. The monoisotopic (exact) mass is 490 g/mol. The molecular weight excluding hydrogens is 448 g/mol. The van der Waals surface area contributed by atoms with E-state index in [1.165, 1.54) is 4.90 Å². The molecule has 1 rings (SSSR count). The highest BCUT2D eigenvalue weighted by atomic mass is 16.6. The van der Waals surface area contributed by atoms with Crippen LogP contribution < -0.4 is 16.4 Å². The quantitative estimate of drug-likeness (QED) is 0.390. The van der Waals surface area contributed by atoms with Gasteiger partial charge in [0.2, 0.25) is 17.7 Å². The molecule has 35 heavy (non-hydrogen) atoms. The van der Waals surface area contributed by atoms with E-state index in [9.17, 15) is 19.2 Å². The number of alkyl carbamates (subject to hydrolysis) is 1. The number of primary amides is 1. The molecule has 3 atom stereocenters. The first kappa shape index (κ1) is 29.9. The Hall–Kier alpha value is -3.10. The first-order valence-electron chi connectivity index (χ1n) is 12.3. The van der Waals surface area contributed by atoms with Crippen molar-refractivity contribution in [3.63, 3.8) is 0 Å². The lowest BCUT2D eigenvalue weighted by Gasteiger charge is -2.35. The van der Waals surface area contributed by atoms with Crippen LogP contribution in [0.2, 0.25) is 0 Å². The molecule has 0 saturated heterocycles. The minimum atomic E-state index is -1.27. The number of nitrogens with one attached hydrogen (secondary N) is 2. The first-order chi connectivity index (χ1) is 16.4. The Bertz CT molecular complexity index is 838. The minimum absolute atomic E-state index is 0.0804. The lowest BCUT2D eigenvalue weighted by Crippen LogP contribution is -2.54. The fourth-order valence-corrected chi connectivity index (χ4v) is 3.68. The maximum Gasteiger partial charge on any atom is 0.408 e. The molecule has 0 fully saturated rings. The lowest BCUT2D eigenvalue weighted by molar-refractivity contribution is -0.143. The number of hydrogen-bond acceptors (Lipinski definition) is 5. The molecule has 0 spiro atoms. The van der Waals surface area contributed by atoms with Crippen LogP contribution in [0.5, 0.6) is 0 Å². The van der Waals surface area contributed by atoms with Gasteiger partial charge < -0.3 is 26.0 Å². The van der Waals surface area contributed by atoms with Gasteiger partial charge in [0, 0.05) is 12.6 Å². The molecule has 0 aliphatic rings. The number of carbonyl (C=O) groups excluding carboxylic acids is 4. The van der Waals surface area contributed by atoms with Crippen LogP contribution in [0.1, 0.15) is 85.3 Å². The van der Waals surface area contributed by atoms with Crippen molar-refractivity contribution >= 4 is 23.8 Å². The summed E-state index contributed by atoms with van der Waals surface area (Å²) < 4.78 is 5.28. The molecule has 1 aromatic rings. The SMILES string of the molecule is CCCCN(C(=O)C(CC(N)=O)NC(=O)OC(C)(C)C)C(C(=O)NC(C)CCC)c1ccccc1. The molecular formula is C26H42N4O5. The molecule has 3 unspecified atom stereocenters. The van der Waals surface area contributed by atoms with Gasteiger partial charge >= 0.3 is 6.09 Å². The van der Waals surface area contributed by atoms with Gasteiger partial charge in [-0.1, -0.05) is 57.0 Å². The molecule has 0 aromatic heterocycles. The Morgan fingerprint density at radius 1 is 1.03 bits per heavy atom. The highest BCUT2D eigenvalue weighted by Crippen LogP contribution is 2.24. The van der Waals surface area contributed by atoms with Gasteiger partial charge in [-0.2, -0.15) is 0 Å². The van der Waals surface area contributed by atoms with Crippen LogP contribution in [0.15, 0.2) is 30.3 Å². The fraction of sp³-hybridized carbons (Fsp3) is 0.615. The number of amides is 4. The summed E-state index contributed by atoms with van der Waals surface area (Å²) in [5.41, 5.74) is 5.23. The Kier molecular flexibility index (Phi) is 12.3. The number of hydrogen-bond donors (Lipinski definition) is 3. The van der Waals surface area contributed by atoms with Crippen LogP contribution in [0.4, 0.5) is 4.79 Å².